The molecule has 0 amide bonds. The van der Waals surface area contributed by atoms with Crippen molar-refractivity contribution in [3.63, 3.8) is 0 Å². The largest absolute Gasteiger partial charge is 0.434 e. The highest BCUT2D eigenvalue weighted by molar-refractivity contribution is 5.36. The molecule has 4 nitrogen and oxygen atoms in total. The predicted octanol–water partition coefficient (Wildman–Crippen LogP) is 1.65. The fourth-order valence-electron chi connectivity index (χ4n) is 1.88. The number of hydrogen-bond acceptors (Lipinski definition) is 4. The van der Waals surface area contributed by atoms with E-state index in [1.807, 2.05) is 6.92 Å². The molecule has 1 aromatic carbocycles. The van der Waals surface area contributed by atoms with Crippen molar-refractivity contribution in [1.29, 1.82) is 0 Å². The van der Waals surface area contributed by atoms with Crippen LogP contribution in [-0.4, -0.2) is 30.9 Å². The van der Waals surface area contributed by atoms with Gasteiger partial charge in [-0.25, -0.2) is 0 Å². The number of rotatable bonds is 8. The lowest BCUT2D eigenvalue weighted by molar-refractivity contribution is -0.0507. The Morgan fingerprint density at radius 1 is 1.37 bits per heavy atom. The van der Waals surface area contributed by atoms with E-state index < -0.39 is 6.61 Å². The van der Waals surface area contributed by atoms with Crippen molar-refractivity contribution >= 4 is 0 Å². The van der Waals surface area contributed by atoms with Crippen LogP contribution in [0.1, 0.15) is 24.9 Å². The SMILES string of the molecule is CC(CCO)NC(CN)c1ccccc1OC(F)F. The Balaban J connectivity index is 2.85. The summed E-state index contributed by atoms with van der Waals surface area (Å²) in [6.45, 7) is -0.662. The van der Waals surface area contributed by atoms with Gasteiger partial charge in [-0.15, -0.1) is 0 Å². The quantitative estimate of drug-likeness (QED) is 0.674. The number of hydrogen-bond donors (Lipinski definition) is 3. The topological polar surface area (TPSA) is 67.5 Å². The van der Waals surface area contributed by atoms with Gasteiger partial charge in [-0.1, -0.05) is 18.2 Å². The molecule has 0 spiro atoms. The average Bonchev–Trinajstić information content (AvgIpc) is 2.36. The Kier molecular flexibility index (Phi) is 6.69. The van der Waals surface area contributed by atoms with Gasteiger partial charge in [-0.3, -0.25) is 0 Å². The van der Waals surface area contributed by atoms with E-state index >= 15 is 0 Å². The first-order chi connectivity index (χ1) is 9.08. The zero-order valence-corrected chi connectivity index (χ0v) is 10.9. The minimum atomic E-state index is -2.87. The molecule has 0 saturated carbocycles. The number of nitrogens with two attached hydrogens (primary N) is 1. The normalized spacial score (nSPS) is 14.4. The van der Waals surface area contributed by atoms with Crippen molar-refractivity contribution in [2.45, 2.75) is 32.0 Å². The summed E-state index contributed by atoms with van der Waals surface area (Å²) in [5.41, 5.74) is 6.27. The van der Waals surface area contributed by atoms with Crippen LogP contribution in [-0.2, 0) is 0 Å². The molecule has 0 bridgehead atoms. The molecular weight excluding hydrogens is 254 g/mol. The Labute approximate surface area is 111 Å². The molecule has 2 unspecified atom stereocenters. The highest BCUT2D eigenvalue weighted by atomic mass is 19.3. The van der Waals surface area contributed by atoms with Gasteiger partial charge < -0.3 is 20.9 Å². The second-order valence-corrected chi connectivity index (χ2v) is 4.28. The third kappa shape index (κ3) is 5.10. The maximum Gasteiger partial charge on any atom is 0.387 e. The molecular formula is C13H20F2N2O2. The van der Waals surface area contributed by atoms with Crippen LogP contribution in [0.5, 0.6) is 5.75 Å². The molecule has 0 radical (unpaired) electrons. The highest BCUT2D eigenvalue weighted by Crippen LogP contribution is 2.26. The summed E-state index contributed by atoms with van der Waals surface area (Å²) < 4.78 is 29.2. The summed E-state index contributed by atoms with van der Waals surface area (Å²) in [5, 5.41) is 12.1. The van der Waals surface area contributed by atoms with Gasteiger partial charge in [-0.2, -0.15) is 8.78 Å². The van der Waals surface area contributed by atoms with Gasteiger partial charge in [-0.05, 0) is 19.4 Å². The van der Waals surface area contributed by atoms with Crippen LogP contribution in [0.15, 0.2) is 24.3 Å². The zero-order chi connectivity index (χ0) is 14.3. The smallest absolute Gasteiger partial charge is 0.387 e. The van der Waals surface area contributed by atoms with Crippen LogP contribution >= 0.6 is 0 Å². The van der Waals surface area contributed by atoms with E-state index in [-0.39, 0.29) is 31.0 Å². The Bertz CT molecular complexity index is 377. The Morgan fingerprint density at radius 2 is 2.05 bits per heavy atom. The minimum absolute atomic E-state index is 0.0261. The van der Waals surface area contributed by atoms with Gasteiger partial charge >= 0.3 is 6.61 Å². The van der Waals surface area contributed by atoms with Crippen LogP contribution in [0.2, 0.25) is 0 Å². The summed E-state index contributed by atoms with van der Waals surface area (Å²) >= 11 is 0. The lowest BCUT2D eigenvalue weighted by Gasteiger charge is -2.24. The molecule has 0 aliphatic carbocycles. The van der Waals surface area contributed by atoms with E-state index in [0.717, 1.165) is 0 Å². The van der Waals surface area contributed by atoms with Gasteiger partial charge in [0.2, 0.25) is 0 Å². The summed E-state index contributed by atoms with van der Waals surface area (Å²) in [6.07, 6.45) is 0.564. The first kappa shape index (κ1) is 15.8. The maximum absolute atomic E-state index is 12.3. The second kappa shape index (κ2) is 8.04. The Hall–Kier alpha value is -1.24. The van der Waals surface area contributed by atoms with Gasteiger partial charge in [0, 0.05) is 30.8 Å². The summed E-state index contributed by atoms with van der Waals surface area (Å²) in [5.74, 6) is 0.122. The minimum Gasteiger partial charge on any atom is -0.434 e. The molecule has 0 heterocycles. The van der Waals surface area contributed by atoms with E-state index in [2.05, 4.69) is 10.1 Å². The first-order valence-electron chi connectivity index (χ1n) is 6.19. The third-order valence-corrected chi connectivity index (χ3v) is 2.79. The number of ether oxygens (including phenoxy) is 1. The molecule has 1 aromatic rings. The molecule has 1 rings (SSSR count). The second-order valence-electron chi connectivity index (χ2n) is 4.28. The maximum atomic E-state index is 12.3. The number of nitrogens with one attached hydrogen (secondary N) is 1. The number of aliphatic hydroxyl groups is 1. The van der Waals surface area contributed by atoms with E-state index in [0.29, 0.717) is 12.0 Å². The van der Waals surface area contributed by atoms with E-state index in [1.54, 1.807) is 18.2 Å². The fraction of sp³-hybridized carbons (Fsp3) is 0.538. The van der Waals surface area contributed by atoms with E-state index in [1.165, 1.54) is 6.07 Å². The van der Waals surface area contributed by atoms with Crippen molar-refractivity contribution in [3.05, 3.63) is 29.8 Å². The molecule has 0 saturated heterocycles. The number of alkyl halides is 2. The van der Waals surface area contributed by atoms with Crippen LogP contribution < -0.4 is 15.8 Å². The number of para-hydroxylation sites is 1. The third-order valence-electron chi connectivity index (χ3n) is 2.79. The summed E-state index contributed by atoms with van der Waals surface area (Å²) in [6, 6.07) is 6.30. The van der Waals surface area contributed by atoms with Crippen molar-refractivity contribution < 1.29 is 18.6 Å². The zero-order valence-electron chi connectivity index (χ0n) is 10.9. The summed E-state index contributed by atoms with van der Waals surface area (Å²) in [7, 11) is 0. The Morgan fingerprint density at radius 3 is 2.63 bits per heavy atom. The van der Waals surface area contributed by atoms with Crippen LogP contribution in [0.4, 0.5) is 8.78 Å². The van der Waals surface area contributed by atoms with Crippen LogP contribution in [0.25, 0.3) is 0 Å². The number of halogens is 2. The number of benzene rings is 1. The van der Waals surface area contributed by atoms with Gasteiger partial charge in [0.25, 0.3) is 0 Å². The standard InChI is InChI=1S/C13H20F2N2O2/c1-9(6-7-18)17-11(8-16)10-4-2-3-5-12(10)19-13(14)15/h2-5,9,11,13,17-18H,6-8,16H2,1H3. The van der Waals surface area contributed by atoms with Gasteiger partial charge in [0.15, 0.2) is 0 Å². The van der Waals surface area contributed by atoms with Crippen LogP contribution in [0.3, 0.4) is 0 Å². The van der Waals surface area contributed by atoms with Crippen molar-refractivity contribution in [2.75, 3.05) is 13.2 Å². The van der Waals surface area contributed by atoms with Crippen molar-refractivity contribution in [3.8, 4) is 5.75 Å². The van der Waals surface area contributed by atoms with E-state index in [4.69, 9.17) is 10.8 Å². The molecule has 108 valence electrons. The van der Waals surface area contributed by atoms with Gasteiger partial charge in [0.05, 0.1) is 0 Å². The molecule has 0 aromatic heterocycles. The lowest BCUT2D eigenvalue weighted by Crippen LogP contribution is -2.35. The molecule has 0 fully saturated rings. The summed E-state index contributed by atoms with van der Waals surface area (Å²) in [4.78, 5) is 0. The van der Waals surface area contributed by atoms with Crippen molar-refractivity contribution in [1.82, 2.24) is 5.32 Å². The lowest BCUT2D eigenvalue weighted by atomic mass is 10.0. The van der Waals surface area contributed by atoms with Gasteiger partial charge in [0.1, 0.15) is 5.75 Å². The monoisotopic (exact) mass is 274 g/mol. The number of aliphatic hydroxyl groups excluding tert-OH is 1. The highest BCUT2D eigenvalue weighted by Gasteiger charge is 2.18. The first-order valence-corrected chi connectivity index (χ1v) is 6.19. The molecule has 19 heavy (non-hydrogen) atoms. The van der Waals surface area contributed by atoms with Crippen molar-refractivity contribution in [2.24, 2.45) is 5.73 Å². The fourth-order valence-corrected chi connectivity index (χ4v) is 1.88. The molecule has 0 aliphatic rings. The molecule has 6 heteroatoms. The molecule has 4 N–H and O–H groups in total. The van der Waals surface area contributed by atoms with Crippen LogP contribution in [0, 0.1) is 0 Å². The molecule has 0 aliphatic heterocycles. The average molecular weight is 274 g/mol. The predicted molar refractivity (Wildman–Crippen MR) is 69.2 cm³/mol. The van der Waals surface area contributed by atoms with E-state index in [9.17, 15) is 8.78 Å². The molecule has 2 atom stereocenters.